The smallest absolute Gasteiger partial charge is 0.327 e. The van der Waals surface area contributed by atoms with Crippen LogP contribution in [0.4, 0.5) is 5.95 Å². The van der Waals surface area contributed by atoms with Crippen LogP contribution in [0.3, 0.4) is 0 Å². The van der Waals surface area contributed by atoms with Gasteiger partial charge in [-0.25, -0.2) is 4.98 Å². The number of nitriles is 1. The molecular formula is C22H29N7O2. The van der Waals surface area contributed by atoms with Gasteiger partial charge >= 0.3 is 5.97 Å². The predicted molar refractivity (Wildman–Crippen MR) is 119 cm³/mol. The third-order valence-electron chi connectivity index (χ3n) is 5.57. The van der Waals surface area contributed by atoms with Gasteiger partial charge in [-0.05, 0) is 12.0 Å². The highest BCUT2D eigenvalue weighted by atomic mass is 16.5. The SMILES string of the molecule is CCC(CC)Cn1ccc2cnc(N/C(C=NCC(=O)OC3CC(C#N)C3)=C/N)nc21. The largest absolute Gasteiger partial charge is 0.461 e. The summed E-state index contributed by atoms with van der Waals surface area (Å²) in [4.78, 5) is 24.9. The Balaban J connectivity index is 1.57. The van der Waals surface area contributed by atoms with Gasteiger partial charge < -0.3 is 20.4 Å². The fourth-order valence-corrected chi connectivity index (χ4v) is 3.46. The van der Waals surface area contributed by atoms with Gasteiger partial charge in [0.1, 0.15) is 18.3 Å². The molecule has 0 aromatic carbocycles. The molecular weight excluding hydrogens is 394 g/mol. The predicted octanol–water partition coefficient (Wildman–Crippen LogP) is 3.00. The van der Waals surface area contributed by atoms with E-state index in [-0.39, 0.29) is 18.6 Å². The summed E-state index contributed by atoms with van der Waals surface area (Å²) in [7, 11) is 0. The van der Waals surface area contributed by atoms with Crippen molar-refractivity contribution in [2.75, 3.05) is 11.9 Å². The van der Waals surface area contributed by atoms with Gasteiger partial charge in [-0.2, -0.15) is 10.2 Å². The molecule has 1 aliphatic carbocycles. The van der Waals surface area contributed by atoms with E-state index in [1.165, 1.54) is 12.4 Å². The Morgan fingerprint density at radius 1 is 1.48 bits per heavy atom. The second kappa shape index (κ2) is 10.6. The van der Waals surface area contributed by atoms with E-state index in [1.54, 1.807) is 6.20 Å². The molecule has 2 aromatic rings. The number of aliphatic imine (C=N–C) groups is 1. The molecule has 3 N–H and O–H groups in total. The maximum atomic E-state index is 11.8. The number of carbonyl (C=O) groups is 1. The summed E-state index contributed by atoms with van der Waals surface area (Å²) in [5.74, 6) is 0.565. The summed E-state index contributed by atoms with van der Waals surface area (Å²) < 4.78 is 7.40. The maximum absolute atomic E-state index is 11.8. The average Bonchev–Trinajstić information content (AvgIpc) is 3.15. The van der Waals surface area contributed by atoms with Gasteiger partial charge in [-0.15, -0.1) is 0 Å². The lowest BCUT2D eigenvalue weighted by atomic mass is 9.83. The Kier molecular flexibility index (Phi) is 7.60. The average molecular weight is 424 g/mol. The van der Waals surface area contributed by atoms with Gasteiger partial charge in [0.25, 0.3) is 0 Å². The first-order chi connectivity index (χ1) is 15.1. The number of esters is 1. The molecule has 1 aliphatic rings. The van der Waals surface area contributed by atoms with Crippen LogP contribution in [0.15, 0.2) is 35.3 Å². The van der Waals surface area contributed by atoms with Crippen molar-refractivity contribution in [3.05, 3.63) is 30.4 Å². The van der Waals surface area contributed by atoms with Crippen molar-refractivity contribution in [3.8, 4) is 6.07 Å². The highest BCUT2D eigenvalue weighted by molar-refractivity contribution is 5.85. The first-order valence-electron chi connectivity index (χ1n) is 10.7. The van der Waals surface area contributed by atoms with Crippen LogP contribution in [0, 0.1) is 23.2 Å². The van der Waals surface area contributed by atoms with Gasteiger partial charge in [-0.3, -0.25) is 9.79 Å². The summed E-state index contributed by atoms with van der Waals surface area (Å²) in [6.45, 7) is 5.19. The molecule has 9 nitrogen and oxygen atoms in total. The number of aromatic nitrogens is 3. The summed E-state index contributed by atoms with van der Waals surface area (Å²) in [5, 5.41) is 12.8. The van der Waals surface area contributed by atoms with E-state index < -0.39 is 5.97 Å². The second-order valence-corrected chi connectivity index (χ2v) is 7.75. The number of carbonyl (C=O) groups excluding carboxylic acids is 1. The number of ether oxygens (including phenoxy) is 1. The molecule has 3 rings (SSSR count). The first kappa shape index (κ1) is 22.3. The summed E-state index contributed by atoms with van der Waals surface area (Å²) in [6.07, 6.45) is 9.85. The van der Waals surface area contributed by atoms with E-state index in [9.17, 15) is 4.79 Å². The van der Waals surface area contributed by atoms with Crippen molar-refractivity contribution in [1.29, 1.82) is 5.26 Å². The fraction of sp³-hybridized carbons (Fsp3) is 0.500. The Labute approximate surface area is 182 Å². The van der Waals surface area contributed by atoms with Crippen molar-refractivity contribution in [1.82, 2.24) is 14.5 Å². The monoisotopic (exact) mass is 423 g/mol. The van der Waals surface area contributed by atoms with E-state index in [0.717, 1.165) is 30.4 Å². The van der Waals surface area contributed by atoms with Crippen LogP contribution in [-0.2, 0) is 16.1 Å². The number of hydrogen-bond acceptors (Lipinski definition) is 8. The molecule has 0 atom stereocenters. The second-order valence-electron chi connectivity index (χ2n) is 7.75. The third-order valence-corrected chi connectivity index (χ3v) is 5.57. The van der Waals surface area contributed by atoms with Crippen LogP contribution in [0.1, 0.15) is 39.5 Å². The number of nitrogens with zero attached hydrogens (tertiary/aromatic N) is 5. The number of allylic oxidation sites excluding steroid dienone is 1. The lowest BCUT2D eigenvalue weighted by molar-refractivity contribution is -0.152. The van der Waals surface area contributed by atoms with Crippen LogP contribution in [-0.4, -0.2) is 39.4 Å². The standard InChI is InChI=1S/C22H29N7O2/c1-3-15(4-2)14-29-6-5-17-11-26-22(28-21(17)29)27-18(10-24)12-25-13-20(30)31-19-7-16(8-19)9-23/h5-6,10-12,15-16,19H,3-4,7-8,13-14,24H2,1-2H3,(H,26,27,28)/b18-10+,25-12?. The normalized spacial score (nSPS) is 18.8. The van der Waals surface area contributed by atoms with Crippen LogP contribution >= 0.6 is 0 Å². The number of fused-ring (bicyclic) bond motifs is 1. The molecule has 0 spiro atoms. The van der Waals surface area contributed by atoms with E-state index in [4.69, 9.17) is 15.7 Å². The molecule has 1 fully saturated rings. The summed E-state index contributed by atoms with van der Waals surface area (Å²) in [6, 6.07) is 4.17. The minimum absolute atomic E-state index is 0.00875. The Bertz CT molecular complexity index is 995. The van der Waals surface area contributed by atoms with Crippen molar-refractivity contribution in [2.24, 2.45) is 22.6 Å². The molecule has 0 saturated heterocycles. The molecule has 0 bridgehead atoms. The van der Waals surface area contributed by atoms with Crippen molar-refractivity contribution >= 4 is 29.2 Å². The van der Waals surface area contributed by atoms with E-state index in [2.05, 4.69) is 44.8 Å². The van der Waals surface area contributed by atoms with Crippen LogP contribution in [0.5, 0.6) is 0 Å². The van der Waals surface area contributed by atoms with Gasteiger partial charge in [-0.1, -0.05) is 26.7 Å². The quantitative estimate of drug-likeness (QED) is 0.443. The molecule has 1 saturated carbocycles. The van der Waals surface area contributed by atoms with Gasteiger partial charge in [0, 0.05) is 49.6 Å². The maximum Gasteiger partial charge on any atom is 0.327 e. The third kappa shape index (κ3) is 5.81. The minimum atomic E-state index is -0.425. The Morgan fingerprint density at radius 2 is 2.26 bits per heavy atom. The molecule has 2 aromatic heterocycles. The molecule has 2 heterocycles. The van der Waals surface area contributed by atoms with Gasteiger partial charge in [0.15, 0.2) is 0 Å². The number of nitrogens with one attached hydrogen (secondary N) is 1. The minimum Gasteiger partial charge on any atom is -0.461 e. The van der Waals surface area contributed by atoms with Gasteiger partial charge in [0.2, 0.25) is 5.95 Å². The topological polar surface area (TPSA) is 131 Å². The highest BCUT2D eigenvalue weighted by Gasteiger charge is 2.31. The van der Waals surface area contributed by atoms with E-state index in [0.29, 0.717) is 30.4 Å². The van der Waals surface area contributed by atoms with Crippen LogP contribution in [0.2, 0.25) is 0 Å². The van der Waals surface area contributed by atoms with Crippen molar-refractivity contribution in [2.45, 2.75) is 52.2 Å². The lowest BCUT2D eigenvalue weighted by Gasteiger charge is -2.29. The highest BCUT2D eigenvalue weighted by Crippen LogP contribution is 2.29. The Morgan fingerprint density at radius 3 is 2.94 bits per heavy atom. The number of nitrogens with two attached hydrogens (primary N) is 1. The van der Waals surface area contributed by atoms with Crippen LogP contribution in [0.25, 0.3) is 11.0 Å². The van der Waals surface area contributed by atoms with E-state index in [1.807, 2.05) is 12.3 Å². The molecule has 31 heavy (non-hydrogen) atoms. The zero-order chi connectivity index (χ0) is 22.2. The number of anilines is 1. The number of rotatable bonds is 10. The molecule has 0 radical (unpaired) electrons. The lowest BCUT2D eigenvalue weighted by Crippen LogP contribution is -2.33. The Hall–Kier alpha value is -3.41. The summed E-state index contributed by atoms with van der Waals surface area (Å²) >= 11 is 0. The molecule has 0 unspecified atom stereocenters. The van der Waals surface area contributed by atoms with Crippen molar-refractivity contribution in [3.63, 3.8) is 0 Å². The summed E-state index contributed by atoms with van der Waals surface area (Å²) in [5.41, 5.74) is 7.01. The first-order valence-corrected chi connectivity index (χ1v) is 10.7. The zero-order valence-electron chi connectivity index (χ0n) is 18.0. The number of hydrogen-bond donors (Lipinski definition) is 2. The fourth-order valence-electron chi connectivity index (χ4n) is 3.46. The molecule has 0 amide bonds. The van der Waals surface area contributed by atoms with Gasteiger partial charge in [0.05, 0.1) is 17.7 Å². The van der Waals surface area contributed by atoms with E-state index >= 15 is 0 Å². The molecule has 0 aliphatic heterocycles. The van der Waals surface area contributed by atoms with Crippen LogP contribution < -0.4 is 11.1 Å². The molecule has 164 valence electrons. The molecule has 9 heteroatoms. The van der Waals surface area contributed by atoms with Crippen molar-refractivity contribution < 1.29 is 9.53 Å². The zero-order valence-corrected chi connectivity index (χ0v) is 18.0.